The summed E-state index contributed by atoms with van der Waals surface area (Å²) in [6.45, 7) is 1.44. The number of rotatable bonds is 10. The molecular formula is C28H28O5. The number of aliphatic hydroxyl groups is 2. The predicted octanol–water partition coefficient (Wildman–Crippen LogP) is 6.20. The minimum Gasteiger partial charge on any atom is -0.493 e. The average Bonchev–Trinajstić information content (AvgIpc) is 3.23. The Morgan fingerprint density at radius 2 is 1.00 bits per heavy atom. The normalized spacial score (nSPS) is 11.7. The van der Waals surface area contributed by atoms with Gasteiger partial charge in [-0.25, -0.2) is 0 Å². The molecule has 0 aliphatic carbocycles. The topological polar surface area (TPSA) is 72.1 Å². The van der Waals surface area contributed by atoms with Gasteiger partial charge in [-0.1, -0.05) is 48.5 Å². The SMILES string of the molecule is OCCCCOc1cc2oc3cc(OCCCCO)c4ccccc4c3c2c2ccccc12. The van der Waals surface area contributed by atoms with Gasteiger partial charge in [0, 0.05) is 46.9 Å². The van der Waals surface area contributed by atoms with Gasteiger partial charge in [-0.3, -0.25) is 0 Å². The molecule has 0 amide bonds. The van der Waals surface area contributed by atoms with Gasteiger partial charge < -0.3 is 24.1 Å². The summed E-state index contributed by atoms with van der Waals surface area (Å²) >= 11 is 0. The number of hydrogen-bond acceptors (Lipinski definition) is 5. The van der Waals surface area contributed by atoms with Gasteiger partial charge in [0.1, 0.15) is 22.7 Å². The summed E-state index contributed by atoms with van der Waals surface area (Å²) in [4.78, 5) is 0. The lowest BCUT2D eigenvalue weighted by Gasteiger charge is -2.11. The van der Waals surface area contributed by atoms with Crippen LogP contribution in [0.4, 0.5) is 0 Å². The zero-order chi connectivity index (χ0) is 22.6. The predicted molar refractivity (Wildman–Crippen MR) is 132 cm³/mol. The van der Waals surface area contributed by atoms with E-state index in [1.54, 1.807) is 0 Å². The van der Waals surface area contributed by atoms with Crippen LogP contribution in [0.3, 0.4) is 0 Å². The largest absolute Gasteiger partial charge is 0.493 e. The molecule has 5 heteroatoms. The van der Waals surface area contributed by atoms with Crippen molar-refractivity contribution in [3.63, 3.8) is 0 Å². The molecule has 170 valence electrons. The Morgan fingerprint density at radius 1 is 0.576 bits per heavy atom. The number of ether oxygens (including phenoxy) is 2. The van der Waals surface area contributed by atoms with Crippen LogP contribution in [-0.4, -0.2) is 36.6 Å². The highest BCUT2D eigenvalue weighted by atomic mass is 16.5. The lowest BCUT2D eigenvalue weighted by atomic mass is 9.98. The first kappa shape index (κ1) is 21.6. The number of aliphatic hydroxyl groups excluding tert-OH is 2. The minimum absolute atomic E-state index is 0.171. The van der Waals surface area contributed by atoms with E-state index in [2.05, 4.69) is 24.3 Å². The second kappa shape index (κ2) is 9.69. The minimum atomic E-state index is 0.171. The van der Waals surface area contributed by atoms with E-state index in [1.165, 1.54) is 0 Å². The van der Waals surface area contributed by atoms with E-state index in [-0.39, 0.29) is 13.2 Å². The maximum atomic E-state index is 9.05. The number of benzene rings is 4. The second-order valence-electron chi connectivity index (χ2n) is 8.25. The van der Waals surface area contributed by atoms with Crippen LogP contribution in [0.25, 0.3) is 43.5 Å². The van der Waals surface area contributed by atoms with E-state index in [0.29, 0.717) is 13.2 Å². The van der Waals surface area contributed by atoms with Gasteiger partial charge in [-0.15, -0.1) is 0 Å². The van der Waals surface area contributed by atoms with E-state index < -0.39 is 0 Å². The highest BCUT2D eigenvalue weighted by Crippen LogP contribution is 2.44. The third-order valence-corrected chi connectivity index (χ3v) is 6.03. The summed E-state index contributed by atoms with van der Waals surface area (Å²) in [5.41, 5.74) is 1.56. The van der Waals surface area contributed by atoms with Gasteiger partial charge in [0.2, 0.25) is 0 Å². The Balaban J connectivity index is 1.69. The van der Waals surface area contributed by atoms with E-state index in [9.17, 15) is 0 Å². The molecule has 1 aromatic heterocycles. The third-order valence-electron chi connectivity index (χ3n) is 6.03. The van der Waals surface area contributed by atoms with Crippen molar-refractivity contribution >= 4 is 43.5 Å². The van der Waals surface area contributed by atoms with Gasteiger partial charge in [0.25, 0.3) is 0 Å². The van der Waals surface area contributed by atoms with Crippen LogP contribution in [0.5, 0.6) is 11.5 Å². The summed E-state index contributed by atoms with van der Waals surface area (Å²) < 4.78 is 18.6. The summed E-state index contributed by atoms with van der Waals surface area (Å²) in [5, 5.41) is 24.5. The lowest BCUT2D eigenvalue weighted by molar-refractivity contribution is 0.254. The van der Waals surface area contributed by atoms with Gasteiger partial charge in [0.15, 0.2) is 0 Å². The highest BCUT2D eigenvalue weighted by molar-refractivity contribution is 6.28. The summed E-state index contributed by atoms with van der Waals surface area (Å²) in [6.07, 6.45) is 3.03. The third kappa shape index (κ3) is 4.10. The van der Waals surface area contributed by atoms with Crippen LogP contribution in [0.15, 0.2) is 65.1 Å². The molecule has 1 heterocycles. The number of fused-ring (bicyclic) bond motifs is 7. The maximum absolute atomic E-state index is 9.05. The van der Waals surface area contributed by atoms with E-state index in [1.807, 2.05) is 36.4 Å². The molecule has 5 aromatic rings. The van der Waals surface area contributed by atoms with Crippen LogP contribution in [0, 0.1) is 0 Å². The zero-order valence-corrected chi connectivity index (χ0v) is 18.5. The van der Waals surface area contributed by atoms with E-state index in [4.69, 9.17) is 24.1 Å². The van der Waals surface area contributed by atoms with Crippen molar-refractivity contribution in [3.8, 4) is 11.5 Å². The fraction of sp³-hybridized carbons (Fsp3) is 0.286. The van der Waals surface area contributed by atoms with Crippen molar-refractivity contribution in [2.45, 2.75) is 25.7 Å². The lowest BCUT2D eigenvalue weighted by Crippen LogP contribution is -1.99. The molecule has 0 unspecified atom stereocenters. The first-order valence-electron chi connectivity index (χ1n) is 11.6. The zero-order valence-electron chi connectivity index (χ0n) is 18.5. The van der Waals surface area contributed by atoms with Gasteiger partial charge in [-0.05, 0) is 36.5 Å². The number of furan rings is 1. The van der Waals surface area contributed by atoms with Crippen LogP contribution in [-0.2, 0) is 0 Å². The molecule has 0 aliphatic heterocycles. The Hall–Kier alpha value is -3.28. The molecule has 33 heavy (non-hydrogen) atoms. The molecule has 2 N–H and O–H groups in total. The molecule has 5 nitrogen and oxygen atoms in total. The summed E-state index contributed by atoms with van der Waals surface area (Å²) in [6, 6.07) is 20.5. The molecule has 0 fully saturated rings. The van der Waals surface area contributed by atoms with Crippen LogP contribution >= 0.6 is 0 Å². The molecule has 0 aliphatic rings. The fourth-order valence-corrected chi connectivity index (χ4v) is 4.46. The van der Waals surface area contributed by atoms with Crippen molar-refractivity contribution in [2.75, 3.05) is 26.4 Å². The number of unbranched alkanes of at least 4 members (excludes halogenated alkanes) is 2. The fourth-order valence-electron chi connectivity index (χ4n) is 4.46. The molecule has 4 aromatic carbocycles. The smallest absolute Gasteiger partial charge is 0.139 e. The van der Waals surface area contributed by atoms with E-state index in [0.717, 1.165) is 80.7 Å². The van der Waals surface area contributed by atoms with E-state index >= 15 is 0 Å². The Morgan fingerprint density at radius 3 is 1.42 bits per heavy atom. The van der Waals surface area contributed by atoms with Crippen molar-refractivity contribution in [3.05, 3.63) is 60.7 Å². The molecule has 5 rings (SSSR count). The highest BCUT2D eigenvalue weighted by Gasteiger charge is 2.18. The maximum Gasteiger partial charge on any atom is 0.139 e. The first-order chi connectivity index (χ1) is 16.3. The molecule has 0 saturated carbocycles. The molecular weight excluding hydrogens is 416 g/mol. The standard InChI is InChI=1S/C28H28O5/c29-13-5-7-15-31-23-17-25-27(21-11-3-1-9-19(21)23)28-22-12-4-2-10-20(22)24(18-26(28)33-25)32-16-8-6-14-30/h1-4,9-12,17-18,29-30H,5-8,13-16H2. The van der Waals surface area contributed by atoms with Gasteiger partial charge >= 0.3 is 0 Å². The average molecular weight is 445 g/mol. The second-order valence-corrected chi connectivity index (χ2v) is 8.25. The van der Waals surface area contributed by atoms with Crippen LogP contribution in [0.2, 0.25) is 0 Å². The Bertz CT molecular complexity index is 1300. The summed E-state index contributed by atoms with van der Waals surface area (Å²) in [7, 11) is 0. The van der Waals surface area contributed by atoms with Crippen molar-refractivity contribution in [1.82, 2.24) is 0 Å². The number of hydrogen-bond donors (Lipinski definition) is 2. The molecule has 0 saturated heterocycles. The van der Waals surface area contributed by atoms with Crippen LogP contribution < -0.4 is 9.47 Å². The van der Waals surface area contributed by atoms with Gasteiger partial charge in [0.05, 0.1) is 13.2 Å². The monoisotopic (exact) mass is 444 g/mol. The van der Waals surface area contributed by atoms with Crippen LogP contribution in [0.1, 0.15) is 25.7 Å². The van der Waals surface area contributed by atoms with Crippen molar-refractivity contribution in [2.24, 2.45) is 0 Å². The molecule has 0 radical (unpaired) electrons. The van der Waals surface area contributed by atoms with Gasteiger partial charge in [-0.2, -0.15) is 0 Å². The van der Waals surface area contributed by atoms with Crippen molar-refractivity contribution < 1.29 is 24.1 Å². The Kier molecular flexibility index (Phi) is 6.33. The summed E-state index contributed by atoms with van der Waals surface area (Å²) in [5.74, 6) is 1.58. The Labute approximate surface area is 192 Å². The van der Waals surface area contributed by atoms with Crippen molar-refractivity contribution in [1.29, 1.82) is 0 Å². The quantitative estimate of drug-likeness (QED) is 0.251. The molecule has 0 bridgehead atoms. The molecule has 0 atom stereocenters. The molecule has 0 spiro atoms. The first-order valence-corrected chi connectivity index (χ1v) is 11.6.